The predicted molar refractivity (Wildman–Crippen MR) is 54.8 cm³/mol. The molecule has 0 fully saturated rings. The van der Waals surface area contributed by atoms with Gasteiger partial charge in [0.25, 0.3) is 0 Å². The first-order valence-corrected chi connectivity index (χ1v) is 4.80. The first kappa shape index (κ1) is 9.34. The molecule has 1 aromatic rings. The third-order valence-corrected chi connectivity index (χ3v) is 2.76. The Balaban J connectivity index is 2.31. The fourth-order valence-electron chi connectivity index (χ4n) is 1.67. The molecule has 2 rings (SSSR count). The number of nitrogens with one attached hydrogen (secondary N) is 1. The van der Waals surface area contributed by atoms with Crippen molar-refractivity contribution >= 4 is 23.3 Å². The molecule has 0 bridgehead atoms. The van der Waals surface area contributed by atoms with E-state index < -0.39 is 5.97 Å². The summed E-state index contributed by atoms with van der Waals surface area (Å²) in [7, 11) is 0. The number of fused-ring (bicyclic) bond motifs is 1. The Morgan fingerprint density at radius 2 is 2.36 bits per heavy atom. The van der Waals surface area contributed by atoms with E-state index >= 15 is 0 Å². The van der Waals surface area contributed by atoms with Crippen molar-refractivity contribution in [2.45, 2.75) is 6.42 Å². The van der Waals surface area contributed by atoms with Crippen molar-refractivity contribution in [2.75, 3.05) is 11.9 Å². The maximum Gasteiger partial charge on any atom is 0.308 e. The smallest absolute Gasteiger partial charge is 0.308 e. The lowest BCUT2D eigenvalue weighted by molar-refractivity contribution is -0.141. The number of para-hydroxylation sites is 1. The number of aliphatic carboxylic acids is 1. The average molecular weight is 212 g/mol. The largest absolute Gasteiger partial charge is 0.481 e. The Labute approximate surface area is 86.7 Å². The van der Waals surface area contributed by atoms with E-state index in [2.05, 4.69) is 5.32 Å². The Kier molecular flexibility index (Phi) is 2.33. The highest BCUT2D eigenvalue weighted by molar-refractivity contribution is 6.33. The van der Waals surface area contributed by atoms with Crippen LogP contribution in [0.5, 0.6) is 0 Å². The van der Waals surface area contributed by atoms with Crippen molar-refractivity contribution in [3.8, 4) is 0 Å². The number of benzene rings is 1. The molecule has 2 N–H and O–H groups in total. The second kappa shape index (κ2) is 3.50. The molecular formula is C10H10ClNO2. The summed E-state index contributed by atoms with van der Waals surface area (Å²) < 4.78 is 0. The third kappa shape index (κ3) is 1.55. The molecule has 1 aliphatic rings. The summed E-state index contributed by atoms with van der Waals surface area (Å²) in [5.74, 6) is -1.11. The molecule has 0 radical (unpaired) electrons. The van der Waals surface area contributed by atoms with Crippen LogP contribution in [0.4, 0.5) is 5.69 Å². The van der Waals surface area contributed by atoms with Gasteiger partial charge in [-0.25, -0.2) is 0 Å². The van der Waals surface area contributed by atoms with E-state index in [0.717, 1.165) is 11.3 Å². The third-order valence-electron chi connectivity index (χ3n) is 2.44. The summed E-state index contributed by atoms with van der Waals surface area (Å²) in [6, 6.07) is 5.55. The lowest BCUT2D eigenvalue weighted by Crippen LogP contribution is -2.29. The van der Waals surface area contributed by atoms with Gasteiger partial charge in [0.15, 0.2) is 0 Å². The first-order chi connectivity index (χ1) is 6.68. The molecule has 1 atom stereocenters. The van der Waals surface area contributed by atoms with Gasteiger partial charge < -0.3 is 10.4 Å². The van der Waals surface area contributed by atoms with Crippen molar-refractivity contribution in [3.63, 3.8) is 0 Å². The van der Waals surface area contributed by atoms with Gasteiger partial charge in [-0.1, -0.05) is 23.7 Å². The number of carbonyl (C=O) groups is 1. The predicted octanol–water partition coefficient (Wildman–Crippen LogP) is 2.01. The normalized spacial score (nSPS) is 19.6. The number of hydrogen-bond donors (Lipinski definition) is 2. The van der Waals surface area contributed by atoms with E-state index in [1.165, 1.54) is 0 Å². The SMILES string of the molecule is O=C(O)C1CNc2c(Cl)cccc2C1. The summed E-state index contributed by atoms with van der Waals surface area (Å²) in [5.41, 5.74) is 1.86. The second-order valence-electron chi connectivity index (χ2n) is 3.39. The average Bonchev–Trinajstić information content (AvgIpc) is 2.17. The molecule has 1 aliphatic heterocycles. The highest BCUT2D eigenvalue weighted by atomic mass is 35.5. The van der Waals surface area contributed by atoms with E-state index in [4.69, 9.17) is 16.7 Å². The highest BCUT2D eigenvalue weighted by Gasteiger charge is 2.24. The summed E-state index contributed by atoms with van der Waals surface area (Å²) in [6.07, 6.45) is 0.554. The Hall–Kier alpha value is -1.22. The molecule has 0 amide bonds. The molecule has 0 spiro atoms. The van der Waals surface area contributed by atoms with Crippen LogP contribution in [0.3, 0.4) is 0 Å². The van der Waals surface area contributed by atoms with E-state index in [9.17, 15) is 4.79 Å². The molecule has 0 aromatic heterocycles. The Morgan fingerprint density at radius 3 is 3.07 bits per heavy atom. The minimum Gasteiger partial charge on any atom is -0.481 e. The summed E-state index contributed by atoms with van der Waals surface area (Å²) in [6.45, 7) is 0.450. The van der Waals surface area contributed by atoms with Crippen LogP contribution < -0.4 is 5.32 Å². The summed E-state index contributed by atoms with van der Waals surface area (Å²) in [4.78, 5) is 10.8. The minimum absolute atomic E-state index is 0.346. The van der Waals surface area contributed by atoms with Crippen LogP contribution in [-0.4, -0.2) is 17.6 Å². The fraction of sp³-hybridized carbons (Fsp3) is 0.300. The van der Waals surface area contributed by atoms with E-state index in [1.54, 1.807) is 6.07 Å². The first-order valence-electron chi connectivity index (χ1n) is 4.42. The summed E-state index contributed by atoms with van der Waals surface area (Å²) >= 11 is 5.96. The van der Waals surface area contributed by atoms with Crippen LogP contribution in [0.2, 0.25) is 5.02 Å². The molecule has 3 nitrogen and oxygen atoms in total. The number of hydrogen-bond acceptors (Lipinski definition) is 2. The number of anilines is 1. The molecule has 4 heteroatoms. The lowest BCUT2D eigenvalue weighted by Gasteiger charge is -2.23. The molecule has 1 heterocycles. The van der Waals surface area contributed by atoms with E-state index in [1.807, 2.05) is 12.1 Å². The minimum atomic E-state index is -0.761. The molecule has 1 unspecified atom stereocenters. The van der Waals surface area contributed by atoms with Gasteiger partial charge in [-0.2, -0.15) is 0 Å². The molecule has 14 heavy (non-hydrogen) atoms. The molecule has 1 aromatic carbocycles. The maximum absolute atomic E-state index is 10.8. The Morgan fingerprint density at radius 1 is 1.57 bits per heavy atom. The summed E-state index contributed by atoms with van der Waals surface area (Å²) in [5, 5.41) is 12.6. The van der Waals surface area contributed by atoms with E-state index in [0.29, 0.717) is 18.0 Å². The van der Waals surface area contributed by atoms with Crippen molar-refractivity contribution in [3.05, 3.63) is 28.8 Å². The van der Waals surface area contributed by atoms with Crippen LogP contribution in [0.15, 0.2) is 18.2 Å². The van der Waals surface area contributed by atoms with Crippen LogP contribution >= 0.6 is 11.6 Å². The number of carboxylic acids is 1. The van der Waals surface area contributed by atoms with Crippen molar-refractivity contribution in [1.82, 2.24) is 0 Å². The van der Waals surface area contributed by atoms with Gasteiger partial charge in [0.1, 0.15) is 0 Å². The molecule has 0 saturated carbocycles. The van der Waals surface area contributed by atoms with Crippen LogP contribution in [0.1, 0.15) is 5.56 Å². The second-order valence-corrected chi connectivity index (χ2v) is 3.80. The van der Waals surface area contributed by atoms with Gasteiger partial charge in [-0.05, 0) is 18.1 Å². The zero-order valence-corrected chi connectivity index (χ0v) is 8.21. The zero-order valence-electron chi connectivity index (χ0n) is 7.46. The maximum atomic E-state index is 10.8. The lowest BCUT2D eigenvalue weighted by atomic mass is 9.94. The van der Waals surface area contributed by atoms with E-state index in [-0.39, 0.29) is 5.92 Å². The topological polar surface area (TPSA) is 49.3 Å². The van der Waals surface area contributed by atoms with Gasteiger partial charge in [-0.15, -0.1) is 0 Å². The quantitative estimate of drug-likeness (QED) is 0.747. The highest BCUT2D eigenvalue weighted by Crippen LogP contribution is 2.31. The fourth-order valence-corrected chi connectivity index (χ4v) is 1.94. The van der Waals surface area contributed by atoms with Crippen LogP contribution in [0.25, 0.3) is 0 Å². The zero-order chi connectivity index (χ0) is 10.1. The number of halogens is 1. The Bertz CT molecular complexity index is 378. The van der Waals surface area contributed by atoms with Gasteiger partial charge in [0, 0.05) is 6.54 Å². The molecule has 74 valence electrons. The molecule has 0 saturated heterocycles. The van der Waals surface area contributed by atoms with Crippen LogP contribution in [0, 0.1) is 5.92 Å². The standard InChI is InChI=1S/C10H10ClNO2/c11-8-3-1-2-6-4-7(10(13)14)5-12-9(6)8/h1-3,7,12H,4-5H2,(H,13,14). The van der Waals surface area contributed by atoms with Gasteiger partial charge in [-0.3, -0.25) is 4.79 Å². The van der Waals surface area contributed by atoms with Gasteiger partial charge in [0.2, 0.25) is 0 Å². The van der Waals surface area contributed by atoms with Crippen molar-refractivity contribution in [1.29, 1.82) is 0 Å². The van der Waals surface area contributed by atoms with Crippen molar-refractivity contribution in [2.24, 2.45) is 5.92 Å². The number of rotatable bonds is 1. The molecular weight excluding hydrogens is 202 g/mol. The van der Waals surface area contributed by atoms with Crippen molar-refractivity contribution < 1.29 is 9.90 Å². The van der Waals surface area contributed by atoms with Gasteiger partial charge in [0.05, 0.1) is 16.6 Å². The number of carboxylic acid groups (broad SMARTS) is 1. The molecule has 0 aliphatic carbocycles. The van der Waals surface area contributed by atoms with Gasteiger partial charge >= 0.3 is 5.97 Å². The van der Waals surface area contributed by atoms with Crippen LogP contribution in [-0.2, 0) is 11.2 Å². The monoisotopic (exact) mass is 211 g/mol.